The fraction of sp³-hybridized carbons (Fsp3) is 0.543. The number of aldehydes is 1. The molecule has 8 N–H and O–H groups in total. The lowest BCUT2D eigenvalue weighted by atomic mass is 9.44. The number of nitrogens with one attached hydrogen (secondary N) is 4. The van der Waals surface area contributed by atoms with E-state index in [-0.39, 0.29) is 96.3 Å². The molecule has 1 spiro atoms. The van der Waals surface area contributed by atoms with E-state index in [2.05, 4.69) is 119 Å². The highest BCUT2D eigenvalue weighted by atomic mass is 16.6. The van der Waals surface area contributed by atoms with Crippen molar-refractivity contribution in [2.24, 2.45) is 64.1 Å². The molecule has 13 nitrogen and oxygen atoms in total. The molecule has 94 heavy (non-hydrogen) atoms. The highest BCUT2D eigenvalue weighted by molar-refractivity contribution is 6.07. The van der Waals surface area contributed by atoms with Crippen LogP contribution in [0.5, 0.6) is 5.75 Å². The smallest absolute Gasteiger partial charge is 0.340 e. The molecule has 2 saturated heterocycles. The third kappa shape index (κ3) is 12.0. The van der Waals surface area contributed by atoms with Gasteiger partial charge in [0.25, 0.3) is 0 Å². The fourth-order valence-corrected chi connectivity index (χ4v) is 20.2. The first-order chi connectivity index (χ1) is 45.7. The first-order valence-electron chi connectivity index (χ1n) is 35.9. The molecule has 4 aromatic rings. The van der Waals surface area contributed by atoms with Gasteiger partial charge in [-0.05, 0) is 258 Å². The molecule has 4 aromatic carbocycles. The Bertz CT molecular complexity index is 3740. The van der Waals surface area contributed by atoms with E-state index in [1.807, 2.05) is 32.2 Å². The molecule has 6 aliphatic heterocycles. The number of hydrogen-bond donors (Lipinski definition) is 8. The second-order valence-electron chi connectivity index (χ2n) is 30.3. The number of aliphatic hydroxyl groups is 3. The molecule has 0 radical (unpaired) electrons. The quantitative estimate of drug-likeness (QED) is 0.0379. The predicted molar refractivity (Wildman–Crippen MR) is 365 cm³/mol. The highest BCUT2D eigenvalue weighted by Gasteiger charge is 2.69. The number of phenols is 1. The van der Waals surface area contributed by atoms with Gasteiger partial charge in [-0.3, -0.25) is 0 Å². The third-order valence-corrected chi connectivity index (χ3v) is 25.0. The molecule has 6 heterocycles. The summed E-state index contributed by atoms with van der Waals surface area (Å²) in [5, 5.41) is 63.2. The average Bonchev–Trinajstić information content (AvgIpc) is 1.39. The van der Waals surface area contributed by atoms with Gasteiger partial charge >= 0.3 is 11.9 Å². The van der Waals surface area contributed by atoms with Gasteiger partial charge in [-0.1, -0.05) is 111 Å². The van der Waals surface area contributed by atoms with Crippen molar-refractivity contribution in [3.05, 3.63) is 165 Å². The number of aromatic hydroxyl groups is 1. The number of aliphatic hydroxyl groups excluding tert-OH is 1. The number of hydrogen-bond acceptors (Lipinski definition) is 13. The largest absolute Gasteiger partial charge is 0.508 e. The van der Waals surface area contributed by atoms with Crippen LogP contribution in [-0.4, -0.2) is 89.3 Å². The molecule has 14 atom stereocenters. The fourth-order valence-electron chi connectivity index (χ4n) is 20.2. The number of carbonyl (C=O) groups is 3. The van der Waals surface area contributed by atoms with E-state index in [1.54, 1.807) is 6.07 Å². The third-order valence-electron chi connectivity index (χ3n) is 25.0. The zero-order chi connectivity index (χ0) is 64.9. The summed E-state index contributed by atoms with van der Waals surface area (Å²) in [4.78, 5) is 43.7. The van der Waals surface area contributed by atoms with Gasteiger partial charge in [0.1, 0.15) is 23.6 Å². The van der Waals surface area contributed by atoms with Crippen molar-refractivity contribution in [1.29, 1.82) is 0 Å². The van der Waals surface area contributed by atoms with E-state index in [1.165, 1.54) is 11.1 Å². The number of phenolic OH excluding ortho intramolecular Hbond substituents is 1. The Balaban J connectivity index is 0.967. The summed E-state index contributed by atoms with van der Waals surface area (Å²) in [5.74, 6) is 6.66. The molecule has 13 heteroatoms. The Kier molecular flexibility index (Phi) is 18.5. The van der Waals surface area contributed by atoms with Crippen LogP contribution in [0.4, 0.5) is 0 Å². The topological polar surface area (TPSA) is 199 Å². The minimum Gasteiger partial charge on any atom is -0.508 e. The van der Waals surface area contributed by atoms with Gasteiger partial charge < -0.3 is 56.0 Å². The maximum Gasteiger partial charge on any atom is 0.340 e. The van der Waals surface area contributed by atoms with E-state index in [9.17, 15) is 25.2 Å². The van der Waals surface area contributed by atoms with Gasteiger partial charge in [0.15, 0.2) is 0 Å². The summed E-state index contributed by atoms with van der Waals surface area (Å²) in [6.45, 7) is 6.37. The van der Waals surface area contributed by atoms with Crippen LogP contribution >= 0.6 is 0 Å². The number of β-amino-alcohol motifs (C(OH)–C–C–N with tert-alkyl or cyclic N) is 1. The van der Waals surface area contributed by atoms with Gasteiger partial charge in [-0.2, -0.15) is 0 Å². The van der Waals surface area contributed by atoms with Crippen molar-refractivity contribution < 1.29 is 44.3 Å². The first kappa shape index (κ1) is 64.8. The van der Waals surface area contributed by atoms with E-state index < -0.39 is 28.5 Å². The molecule has 5 fully saturated rings. The SMILES string of the molecule is CC[C@H](/C=C1\OC(=O)C2=C3c4cc(O)ccc4-c4cccc(c4)CNCCc4ccc(CCCO)c(c4)[C@@H]4NC[C@](C)(O)[C@H](CC=O)C#C[C@H](C5(O)CCCCC5)C[C@H]5C[C@]([C@@H]6CCN[C@H](NC)C6)(CC=C6OC(=O)C7=C6CC[C@H]6[C@H]3CC[C@@]21[C@@H]76)C[C@@H]54)Cc1ccccc1. The number of cyclic esters (lactones) is 1. The zero-order valence-electron chi connectivity index (χ0n) is 55.5. The molecule has 0 aromatic heterocycles. The number of piperidine rings is 1. The molecule has 0 unspecified atom stereocenters. The summed E-state index contributed by atoms with van der Waals surface area (Å²) in [6.07, 6.45) is 21.0. The first-order valence-corrected chi connectivity index (χ1v) is 35.9. The van der Waals surface area contributed by atoms with Crippen molar-refractivity contribution in [1.82, 2.24) is 21.3 Å². The minimum atomic E-state index is -1.41. The number of allylic oxidation sites excluding steroid dienone is 5. The van der Waals surface area contributed by atoms with Gasteiger partial charge in [-0.25, -0.2) is 9.59 Å². The number of ether oxygens (including phenoxy) is 2. The van der Waals surface area contributed by atoms with Crippen molar-refractivity contribution in [2.75, 3.05) is 33.3 Å². The van der Waals surface area contributed by atoms with Crippen molar-refractivity contribution in [2.45, 2.75) is 179 Å². The van der Waals surface area contributed by atoms with Gasteiger partial charge in [0.2, 0.25) is 0 Å². The van der Waals surface area contributed by atoms with Gasteiger partial charge in [0.05, 0.1) is 34.3 Å². The molecule has 6 aliphatic carbocycles. The molecule has 16 rings (SSSR count). The van der Waals surface area contributed by atoms with E-state index in [4.69, 9.17) is 9.47 Å². The highest BCUT2D eigenvalue weighted by Crippen LogP contribution is 2.73. The van der Waals surface area contributed by atoms with Crippen LogP contribution in [0.3, 0.4) is 0 Å². The van der Waals surface area contributed by atoms with Crippen LogP contribution in [0.1, 0.15) is 169 Å². The van der Waals surface area contributed by atoms with Gasteiger partial charge in [-0.15, -0.1) is 0 Å². The van der Waals surface area contributed by atoms with E-state index in [0.29, 0.717) is 87.1 Å². The molecule has 496 valence electrons. The lowest BCUT2D eigenvalue weighted by Gasteiger charge is -2.56. The normalized spacial score (nSPS) is 33.6. The molecule has 3 saturated carbocycles. The summed E-state index contributed by atoms with van der Waals surface area (Å²) in [6, 6.07) is 31.3. The Hall–Kier alpha value is -6.47. The summed E-state index contributed by atoms with van der Waals surface area (Å²) in [7, 11) is 2.04. The van der Waals surface area contributed by atoms with E-state index >= 15 is 9.59 Å². The number of benzene rings is 4. The van der Waals surface area contributed by atoms with Crippen molar-refractivity contribution in [3.63, 3.8) is 0 Å². The second kappa shape index (κ2) is 26.9. The van der Waals surface area contributed by atoms with Gasteiger partial charge in [0, 0.05) is 55.1 Å². The number of carbonyl (C=O) groups excluding carboxylic acids is 3. The number of aryl methyl sites for hydroxylation is 1. The van der Waals surface area contributed by atoms with Crippen LogP contribution in [0.2, 0.25) is 0 Å². The van der Waals surface area contributed by atoms with Crippen LogP contribution < -0.4 is 21.3 Å². The van der Waals surface area contributed by atoms with E-state index in [0.717, 1.165) is 134 Å². The monoisotopic (exact) mass is 1270 g/mol. The summed E-state index contributed by atoms with van der Waals surface area (Å²) >= 11 is 0. The van der Waals surface area contributed by atoms with Crippen LogP contribution in [0.15, 0.2) is 131 Å². The molecule has 12 aliphatic rings. The molecular formula is C81H98N4O9. The lowest BCUT2D eigenvalue weighted by Crippen LogP contribution is -2.52. The number of fused-ring (bicyclic) bond motifs is 5. The van der Waals surface area contributed by atoms with Crippen molar-refractivity contribution in [3.8, 4) is 28.7 Å². The minimum absolute atomic E-state index is 0.00291. The standard InChI is InChI=1S/C81H98N4O9/c1-4-50(39-51-13-7-5-8-14-51)42-69-81-34-26-62-63-24-25-64-68(93-76(89)72(64)73(63)81)27-33-79(58-29-36-84-70(44-58)82-3)46-56-43-59(80(92)31-9-6-10-32-80)21-20-57(30-38-87)78(2,91)49-85-75(67(56)47-79)65-41-52(18-19-54(65)17-12-37-86)28-35-83-48-53-15-11-16-55(40-53)61-23-22-60(88)45-66(61)71(62)74(81)77(90)94-69/h5,7-8,11,13-16,18-19,22-23,27,38,40-42,45,50,56-59,62-63,67,70,73,75,82-86,88,91-92H,4,6,9-10,12,17,24-26,28-37,39,43-44,46-49H2,1-3H3/b68-27?,69-42-/t50-,56-,57-,58+,59-,62+,63-,67-,70-,73+,75-,78-,79+,81+/m0/s1. The zero-order valence-corrected chi connectivity index (χ0v) is 55.5. The maximum atomic E-state index is 15.6. The Morgan fingerprint density at radius 2 is 1.67 bits per heavy atom. The van der Waals surface area contributed by atoms with Crippen LogP contribution in [-0.2, 0) is 49.7 Å². The Morgan fingerprint density at radius 1 is 0.819 bits per heavy atom. The lowest BCUT2D eigenvalue weighted by molar-refractivity contribution is -0.135. The molecular weight excluding hydrogens is 1170 g/mol. The predicted octanol–water partition coefficient (Wildman–Crippen LogP) is 12.2. The maximum absolute atomic E-state index is 15.6. The van der Waals surface area contributed by atoms with Crippen LogP contribution in [0, 0.1) is 75.9 Å². The number of rotatable bonds is 12. The Morgan fingerprint density at radius 3 is 2.48 bits per heavy atom. The summed E-state index contributed by atoms with van der Waals surface area (Å²) in [5.41, 5.74) is 8.01. The molecule has 14 bridgehead atoms. The van der Waals surface area contributed by atoms with Crippen LogP contribution in [0.25, 0.3) is 16.7 Å². The average molecular weight is 1270 g/mol. The second-order valence-corrected chi connectivity index (χ2v) is 30.3. The number of esters is 2. The molecule has 0 amide bonds. The summed E-state index contributed by atoms with van der Waals surface area (Å²) < 4.78 is 13.7. The Labute approximate surface area is 556 Å². The van der Waals surface area contributed by atoms with Crippen molar-refractivity contribution >= 4 is 23.8 Å².